The van der Waals surface area contributed by atoms with Crippen LogP contribution in [0, 0.1) is 0 Å². The first kappa shape index (κ1) is 23.2. The molecule has 0 heterocycles. The highest BCUT2D eigenvalue weighted by Gasteiger charge is 2.28. The van der Waals surface area contributed by atoms with Gasteiger partial charge in [-0.2, -0.15) is 0 Å². The second-order valence-electron chi connectivity index (χ2n) is 6.97. The third kappa shape index (κ3) is 6.48. The number of amides is 2. The van der Waals surface area contributed by atoms with Crippen molar-refractivity contribution < 1.29 is 9.59 Å². The van der Waals surface area contributed by atoms with Crippen LogP contribution >= 0.6 is 23.2 Å². The summed E-state index contributed by atoms with van der Waals surface area (Å²) < 4.78 is 0. The predicted molar refractivity (Wildman–Crippen MR) is 119 cm³/mol. The number of nitrogens with zero attached hydrogens (tertiary/aromatic N) is 1. The molecule has 1 atom stereocenters. The third-order valence-electron chi connectivity index (χ3n) is 5.05. The molecule has 4 nitrogen and oxygen atoms in total. The van der Waals surface area contributed by atoms with E-state index in [0.717, 1.165) is 17.5 Å². The van der Waals surface area contributed by atoms with Crippen molar-refractivity contribution in [3.8, 4) is 0 Å². The summed E-state index contributed by atoms with van der Waals surface area (Å²) in [7, 11) is 1.58. The fourth-order valence-corrected chi connectivity index (χ4v) is 3.72. The summed E-state index contributed by atoms with van der Waals surface area (Å²) in [5.74, 6) is -0.260. The summed E-state index contributed by atoms with van der Waals surface area (Å²) >= 11 is 12.3. The number of halogens is 2. The fraction of sp³-hybridized carbons (Fsp3) is 0.391. The van der Waals surface area contributed by atoms with Crippen molar-refractivity contribution in [3.05, 3.63) is 69.2 Å². The summed E-state index contributed by atoms with van der Waals surface area (Å²) in [6, 6.07) is 12.9. The quantitative estimate of drug-likeness (QED) is 0.600. The number of aryl methyl sites for hydroxylation is 2. The van der Waals surface area contributed by atoms with Gasteiger partial charge in [-0.1, -0.05) is 67.4 Å². The lowest BCUT2D eigenvalue weighted by molar-refractivity contribution is -0.141. The number of benzene rings is 2. The van der Waals surface area contributed by atoms with Crippen LogP contribution in [0.25, 0.3) is 0 Å². The van der Waals surface area contributed by atoms with Crippen molar-refractivity contribution in [3.63, 3.8) is 0 Å². The van der Waals surface area contributed by atoms with Crippen molar-refractivity contribution in [2.75, 3.05) is 7.05 Å². The molecule has 2 rings (SSSR count). The van der Waals surface area contributed by atoms with Crippen LogP contribution in [-0.2, 0) is 29.0 Å². The van der Waals surface area contributed by atoms with E-state index in [2.05, 4.69) is 36.5 Å². The predicted octanol–water partition coefficient (Wildman–Crippen LogP) is 5.04. The summed E-state index contributed by atoms with van der Waals surface area (Å²) in [6.07, 6.45) is 2.45. The van der Waals surface area contributed by atoms with E-state index in [0.29, 0.717) is 29.3 Å². The second-order valence-corrected chi connectivity index (χ2v) is 7.81. The number of likely N-dealkylation sites (N-methyl/N-ethyl adjacent to an activating group) is 1. The average Bonchev–Trinajstić information content (AvgIpc) is 2.73. The molecule has 2 aromatic carbocycles. The first-order valence-corrected chi connectivity index (χ1v) is 10.7. The normalized spacial score (nSPS) is 11.8. The van der Waals surface area contributed by atoms with E-state index in [-0.39, 0.29) is 18.4 Å². The van der Waals surface area contributed by atoms with Crippen LogP contribution in [0.5, 0.6) is 0 Å². The van der Waals surface area contributed by atoms with E-state index in [1.54, 1.807) is 30.1 Å². The SMILES string of the molecule is CCc1ccc(CCC(=O)N(Cc2ccc(Cl)cc2Cl)[C@H](CC)C(=O)NC)cc1. The van der Waals surface area contributed by atoms with Gasteiger partial charge in [0, 0.05) is 30.1 Å². The van der Waals surface area contributed by atoms with Crippen LogP contribution in [-0.4, -0.2) is 29.8 Å². The Morgan fingerprint density at radius 2 is 1.69 bits per heavy atom. The molecule has 0 radical (unpaired) electrons. The Kier molecular flexibility index (Phi) is 8.99. The number of nitrogens with one attached hydrogen (secondary N) is 1. The number of hydrogen-bond donors (Lipinski definition) is 1. The molecule has 0 aliphatic heterocycles. The lowest BCUT2D eigenvalue weighted by atomic mass is 10.0. The maximum Gasteiger partial charge on any atom is 0.242 e. The van der Waals surface area contributed by atoms with Crippen molar-refractivity contribution in [1.29, 1.82) is 0 Å². The summed E-state index contributed by atoms with van der Waals surface area (Å²) in [6.45, 7) is 4.27. The van der Waals surface area contributed by atoms with Gasteiger partial charge in [0.15, 0.2) is 0 Å². The van der Waals surface area contributed by atoms with Gasteiger partial charge in [0.1, 0.15) is 6.04 Å². The Hall–Kier alpha value is -2.04. The van der Waals surface area contributed by atoms with E-state index >= 15 is 0 Å². The van der Waals surface area contributed by atoms with Crippen molar-refractivity contribution in [1.82, 2.24) is 10.2 Å². The van der Waals surface area contributed by atoms with E-state index in [1.165, 1.54) is 5.56 Å². The van der Waals surface area contributed by atoms with Gasteiger partial charge in [0.2, 0.25) is 11.8 Å². The molecule has 0 bridgehead atoms. The first-order chi connectivity index (χ1) is 13.9. The number of carbonyl (C=O) groups is 2. The van der Waals surface area contributed by atoms with Gasteiger partial charge in [-0.15, -0.1) is 0 Å². The van der Waals surface area contributed by atoms with E-state index in [4.69, 9.17) is 23.2 Å². The molecule has 0 fully saturated rings. The molecular weight excluding hydrogens is 407 g/mol. The zero-order valence-electron chi connectivity index (χ0n) is 17.2. The van der Waals surface area contributed by atoms with E-state index in [1.807, 2.05) is 6.92 Å². The standard InChI is InChI=1S/C23H28Cl2N2O2/c1-4-16-6-8-17(9-7-16)10-13-22(28)27(21(5-2)23(29)26-3)15-18-11-12-19(24)14-20(18)25/h6-9,11-12,14,21H,4-5,10,13,15H2,1-3H3,(H,26,29)/t21-/m1/s1. The summed E-state index contributed by atoms with van der Waals surface area (Å²) in [5, 5.41) is 3.68. The molecule has 0 saturated heterocycles. The number of hydrogen-bond acceptors (Lipinski definition) is 2. The number of carbonyl (C=O) groups excluding carboxylic acids is 2. The Morgan fingerprint density at radius 3 is 2.24 bits per heavy atom. The average molecular weight is 435 g/mol. The highest BCUT2D eigenvalue weighted by molar-refractivity contribution is 6.35. The van der Waals surface area contributed by atoms with Crippen LogP contribution in [0.3, 0.4) is 0 Å². The lowest BCUT2D eigenvalue weighted by Crippen LogP contribution is -2.48. The Balaban J connectivity index is 2.20. The van der Waals surface area contributed by atoms with Crippen molar-refractivity contribution >= 4 is 35.0 Å². The molecule has 29 heavy (non-hydrogen) atoms. The highest BCUT2D eigenvalue weighted by atomic mass is 35.5. The monoisotopic (exact) mass is 434 g/mol. The third-order valence-corrected chi connectivity index (χ3v) is 5.63. The molecule has 1 N–H and O–H groups in total. The van der Waals surface area contributed by atoms with Gasteiger partial charge in [0.05, 0.1) is 0 Å². The van der Waals surface area contributed by atoms with Gasteiger partial charge < -0.3 is 10.2 Å². The van der Waals surface area contributed by atoms with E-state index < -0.39 is 6.04 Å². The van der Waals surface area contributed by atoms with Gasteiger partial charge >= 0.3 is 0 Å². The molecule has 0 aliphatic carbocycles. The maximum absolute atomic E-state index is 13.1. The van der Waals surface area contributed by atoms with Crippen LogP contribution in [0.1, 0.15) is 43.4 Å². The first-order valence-electron chi connectivity index (χ1n) is 9.92. The molecule has 6 heteroatoms. The Bertz CT molecular complexity index is 837. The second kappa shape index (κ2) is 11.2. The molecule has 0 aliphatic rings. The minimum atomic E-state index is -0.554. The van der Waals surface area contributed by atoms with Gasteiger partial charge in [-0.05, 0) is 48.1 Å². The smallest absolute Gasteiger partial charge is 0.242 e. The zero-order valence-corrected chi connectivity index (χ0v) is 18.7. The van der Waals surface area contributed by atoms with Gasteiger partial charge in [-0.25, -0.2) is 0 Å². The summed E-state index contributed by atoms with van der Waals surface area (Å²) in [4.78, 5) is 27.1. The molecular formula is C23H28Cl2N2O2. The molecule has 156 valence electrons. The van der Waals surface area contributed by atoms with Crippen LogP contribution in [0.15, 0.2) is 42.5 Å². The molecule has 0 spiro atoms. The molecule has 0 unspecified atom stereocenters. The topological polar surface area (TPSA) is 49.4 Å². The molecule has 2 aromatic rings. The van der Waals surface area contributed by atoms with Crippen LogP contribution < -0.4 is 5.32 Å². The van der Waals surface area contributed by atoms with Crippen molar-refractivity contribution in [2.45, 2.75) is 52.1 Å². The van der Waals surface area contributed by atoms with Crippen molar-refractivity contribution in [2.24, 2.45) is 0 Å². The minimum absolute atomic E-state index is 0.0777. The Labute approximate surface area is 183 Å². The largest absolute Gasteiger partial charge is 0.357 e. The molecule has 2 amide bonds. The van der Waals surface area contributed by atoms with Crippen LogP contribution in [0.2, 0.25) is 10.0 Å². The fourth-order valence-electron chi connectivity index (χ4n) is 3.26. The molecule has 0 aromatic heterocycles. The van der Waals surface area contributed by atoms with Crippen LogP contribution in [0.4, 0.5) is 0 Å². The van der Waals surface area contributed by atoms with E-state index in [9.17, 15) is 9.59 Å². The van der Waals surface area contributed by atoms with Gasteiger partial charge in [0.25, 0.3) is 0 Å². The molecule has 0 saturated carbocycles. The maximum atomic E-state index is 13.1. The number of rotatable bonds is 9. The summed E-state index contributed by atoms with van der Waals surface area (Å²) in [5.41, 5.74) is 3.14. The van der Waals surface area contributed by atoms with Gasteiger partial charge in [-0.3, -0.25) is 9.59 Å². The zero-order chi connectivity index (χ0) is 21.4. The minimum Gasteiger partial charge on any atom is -0.357 e. The highest BCUT2D eigenvalue weighted by Crippen LogP contribution is 2.24. The Morgan fingerprint density at radius 1 is 1.03 bits per heavy atom. The lowest BCUT2D eigenvalue weighted by Gasteiger charge is -2.30.